The minimum absolute atomic E-state index is 0.179. The van der Waals surface area contributed by atoms with Crippen molar-refractivity contribution in [3.05, 3.63) is 12.7 Å². The average molecular weight is 188 g/mol. The second-order valence-electron chi connectivity index (χ2n) is 1.84. The maximum Gasteiger partial charge on any atom is 0.497 e. The van der Waals surface area contributed by atoms with E-state index < -0.39 is 21.1 Å². The van der Waals surface area contributed by atoms with Gasteiger partial charge in [-0.25, -0.2) is 8.42 Å². The van der Waals surface area contributed by atoms with E-state index in [1.165, 1.54) is 0 Å². The van der Waals surface area contributed by atoms with E-state index in [9.17, 15) is 21.6 Å². The lowest BCUT2D eigenvalue weighted by molar-refractivity contribution is -0.0435. The Morgan fingerprint density at radius 3 is 2.09 bits per heavy atom. The Balaban J connectivity index is 4.37. The van der Waals surface area contributed by atoms with E-state index in [1.807, 2.05) is 0 Å². The lowest BCUT2D eigenvalue weighted by Gasteiger charge is -2.05. The fraction of sp³-hybridized carbons (Fsp3) is 0.600. The van der Waals surface area contributed by atoms with E-state index in [1.54, 1.807) is 0 Å². The van der Waals surface area contributed by atoms with E-state index in [0.717, 1.165) is 6.08 Å². The smallest absolute Gasteiger partial charge is 0.220 e. The lowest BCUT2D eigenvalue weighted by Crippen LogP contribution is -2.25. The molecule has 0 fully saturated rings. The number of alkyl halides is 3. The Bertz CT molecular complexity index is 227. The molecule has 0 N–H and O–H groups in total. The largest absolute Gasteiger partial charge is 0.497 e. The fourth-order valence-electron chi connectivity index (χ4n) is 0.354. The van der Waals surface area contributed by atoms with Crippen molar-refractivity contribution >= 4 is 9.84 Å². The highest BCUT2D eigenvalue weighted by atomic mass is 32.2. The molecule has 0 aliphatic heterocycles. The number of halogens is 3. The molecule has 0 rings (SSSR count). The van der Waals surface area contributed by atoms with Crippen molar-refractivity contribution in [1.29, 1.82) is 0 Å². The second kappa shape index (κ2) is 3.25. The van der Waals surface area contributed by atoms with Gasteiger partial charge in [0.1, 0.15) is 0 Å². The van der Waals surface area contributed by atoms with Crippen molar-refractivity contribution in [1.82, 2.24) is 0 Å². The quantitative estimate of drug-likeness (QED) is 0.629. The van der Waals surface area contributed by atoms with Gasteiger partial charge in [0.2, 0.25) is 9.84 Å². The fourth-order valence-corrected chi connectivity index (χ4v) is 1.06. The standard InChI is InChI=1S/C5H7F3O2S/c1-2-3-4-11(9,10)5(6,7)8/h2H,1,3-4H2. The summed E-state index contributed by atoms with van der Waals surface area (Å²) in [6.45, 7) is 3.11. The Hall–Kier alpha value is -0.520. The van der Waals surface area contributed by atoms with Crippen LogP contribution in [0.2, 0.25) is 0 Å². The SMILES string of the molecule is C=CCCS(=O)(=O)C(F)(F)F. The predicted octanol–water partition coefficient (Wildman–Crippen LogP) is 1.50. The molecule has 2 nitrogen and oxygen atoms in total. The average Bonchev–Trinajstić information content (AvgIpc) is 1.81. The van der Waals surface area contributed by atoms with Crippen LogP contribution in [-0.2, 0) is 9.84 Å². The molecule has 0 atom stereocenters. The molecule has 0 aromatic rings. The van der Waals surface area contributed by atoms with Crippen LogP contribution < -0.4 is 0 Å². The molecule has 0 unspecified atom stereocenters. The van der Waals surface area contributed by atoms with Crippen LogP contribution in [0.1, 0.15) is 6.42 Å². The molecule has 0 spiro atoms. The lowest BCUT2D eigenvalue weighted by atomic mass is 10.5. The number of sulfone groups is 1. The van der Waals surface area contributed by atoms with Crippen LogP contribution in [-0.4, -0.2) is 19.7 Å². The first kappa shape index (κ1) is 10.5. The molecule has 0 aromatic carbocycles. The molecule has 6 heteroatoms. The Kier molecular flexibility index (Phi) is 3.10. The first-order valence-electron chi connectivity index (χ1n) is 2.71. The first-order valence-corrected chi connectivity index (χ1v) is 4.36. The van der Waals surface area contributed by atoms with Crippen molar-refractivity contribution < 1.29 is 21.6 Å². The minimum atomic E-state index is -5.13. The van der Waals surface area contributed by atoms with Gasteiger partial charge < -0.3 is 0 Å². The van der Waals surface area contributed by atoms with Gasteiger partial charge in [0.25, 0.3) is 0 Å². The van der Waals surface area contributed by atoms with Crippen LogP contribution >= 0.6 is 0 Å². The molecule has 0 radical (unpaired) electrons. The molecule has 11 heavy (non-hydrogen) atoms. The minimum Gasteiger partial charge on any atom is -0.220 e. The third-order valence-corrected chi connectivity index (χ3v) is 2.42. The summed E-state index contributed by atoms with van der Waals surface area (Å²) in [6.07, 6.45) is 0.950. The molecule has 66 valence electrons. The number of hydrogen-bond donors (Lipinski definition) is 0. The van der Waals surface area contributed by atoms with Crippen molar-refractivity contribution in [3.8, 4) is 0 Å². The Morgan fingerprint density at radius 1 is 1.36 bits per heavy atom. The Morgan fingerprint density at radius 2 is 1.82 bits per heavy atom. The first-order chi connectivity index (χ1) is 4.81. The van der Waals surface area contributed by atoms with Crippen LogP contribution in [0.3, 0.4) is 0 Å². The summed E-state index contributed by atoms with van der Waals surface area (Å²) < 4.78 is 55.1. The summed E-state index contributed by atoms with van der Waals surface area (Å²) in [5, 5.41) is 0. The highest BCUT2D eigenvalue weighted by Crippen LogP contribution is 2.24. The van der Waals surface area contributed by atoms with Crippen molar-refractivity contribution in [2.75, 3.05) is 5.75 Å². The molecule has 0 saturated carbocycles. The molecule has 0 saturated heterocycles. The molecular weight excluding hydrogens is 181 g/mol. The molecular formula is C5H7F3O2S. The van der Waals surface area contributed by atoms with E-state index in [4.69, 9.17) is 0 Å². The number of rotatable bonds is 3. The number of hydrogen-bond acceptors (Lipinski definition) is 2. The predicted molar refractivity (Wildman–Crippen MR) is 34.7 cm³/mol. The zero-order chi connectivity index (χ0) is 9.12. The highest BCUT2D eigenvalue weighted by molar-refractivity contribution is 7.92. The molecule has 0 bridgehead atoms. The van der Waals surface area contributed by atoms with Gasteiger partial charge in [0, 0.05) is 0 Å². The van der Waals surface area contributed by atoms with Crippen molar-refractivity contribution in [2.45, 2.75) is 11.9 Å². The summed E-state index contributed by atoms with van der Waals surface area (Å²) in [4.78, 5) is 0. The normalized spacial score (nSPS) is 13.0. The van der Waals surface area contributed by atoms with Crippen LogP contribution in [0.5, 0.6) is 0 Å². The second-order valence-corrected chi connectivity index (χ2v) is 3.94. The summed E-state index contributed by atoms with van der Waals surface area (Å²) in [6, 6.07) is 0. The van der Waals surface area contributed by atoms with Gasteiger partial charge in [-0.15, -0.1) is 6.58 Å². The van der Waals surface area contributed by atoms with Gasteiger partial charge in [-0.3, -0.25) is 0 Å². The maximum absolute atomic E-state index is 11.5. The third-order valence-electron chi connectivity index (χ3n) is 0.943. The third kappa shape index (κ3) is 2.92. The molecule has 0 heterocycles. The van der Waals surface area contributed by atoms with Crippen molar-refractivity contribution in [3.63, 3.8) is 0 Å². The van der Waals surface area contributed by atoms with E-state index in [-0.39, 0.29) is 6.42 Å². The topological polar surface area (TPSA) is 34.1 Å². The summed E-state index contributed by atoms with van der Waals surface area (Å²) in [7, 11) is -4.93. The van der Waals surface area contributed by atoms with Crippen LogP contribution in [0.4, 0.5) is 13.2 Å². The molecule has 0 aromatic heterocycles. The van der Waals surface area contributed by atoms with Gasteiger partial charge >= 0.3 is 5.51 Å². The summed E-state index contributed by atoms with van der Waals surface area (Å²) in [5.74, 6) is -0.917. The highest BCUT2D eigenvalue weighted by Gasteiger charge is 2.44. The summed E-state index contributed by atoms with van der Waals surface area (Å²) >= 11 is 0. The van der Waals surface area contributed by atoms with Gasteiger partial charge in [-0.1, -0.05) is 6.08 Å². The Labute approximate surface area is 62.6 Å². The molecule has 0 amide bonds. The van der Waals surface area contributed by atoms with Crippen LogP contribution in [0.25, 0.3) is 0 Å². The summed E-state index contributed by atoms with van der Waals surface area (Å²) in [5.41, 5.74) is -5.13. The zero-order valence-corrected chi connectivity index (χ0v) is 6.37. The van der Waals surface area contributed by atoms with E-state index in [2.05, 4.69) is 6.58 Å². The maximum atomic E-state index is 11.5. The van der Waals surface area contributed by atoms with Gasteiger partial charge in [0.05, 0.1) is 5.75 Å². The zero-order valence-electron chi connectivity index (χ0n) is 5.56. The van der Waals surface area contributed by atoms with Crippen LogP contribution in [0, 0.1) is 0 Å². The number of allylic oxidation sites excluding steroid dienone is 1. The van der Waals surface area contributed by atoms with E-state index in [0.29, 0.717) is 0 Å². The van der Waals surface area contributed by atoms with Crippen molar-refractivity contribution in [2.24, 2.45) is 0 Å². The van der Waals surface area contributed by atoms with Gasteiger partial charge in [-0.2, -0.15) is 13.2 Å². The monoisotopic (exact) mass is 188 g/mol. The van der Waals surface area contributed by atoms with Crippen LogP contribution in [0.15, 0.2) is 12.7 Å². The van der Waals surface area contributed by atoms with Gasteiger partial charge in [-0.05, 0) is 6.42 Å². The molecule has 0 aliphatic rings. The van der Waals surface area contributed by atoms with E-state index >= 15 is 0 Å². The van der Waals surface area contributed by atoms with Gasteiger partial charge in [0.15, 0.2) is 0 Å². The molecule has 0 aliphatic carbocycles.